The van der Waals surface area contributed by atoms with Crippen molar-refractivity contribution in [1.82, 2.24) is 20.4 Å². The van der Waals surface area contributed by atoms with E-state index < -0.39 is 0 Å². The average Bonchev–Trinajstić information content (AvgIpc) is 3.11. The van der Waals surface area contributed by atoms with Crippen molar-refractivity contribution in [2.45, 2.75) is 13.1 Å². The highest BCUT2D eigenvalue weighted by atomic mass is 32.1. The minimum absolute atomic E-state index is 0.649. The lowest BCUT2D eigenvalue weighted by molar-refractivity contribution is 0.372. The summed E-state index contributed by atoms with van der Waals surface area (Å²) in [5.74, 6) is 0.820. The molecule has 96 valence electrons. The molecule has 19 heavy (non-hydrogen) atoms. The second-order valence-corrected chi connectivity index (χ2v) is 4.80. The monoisotopic (exact) mass is 272 g/mol. The van der Waals surface area contributed by atoms with Gasteiger partial charge in [-0.15, -0.1) is 11.3 Å². The molecule has 1 N–H and O–H groups in total. The molecule has 0 unspecified atom stereocenters. The lowest BCUT2D eigenvalue weighted by Crippen LogP contribution is -2.12. The summed E-state index contributed by atoms with van der Waals surface area (Å²) in [5, 5.41) is 9.89. The number of nitrogens with one attached hydrogen (secondary N) is 1. The Morgan fingerprint density at radius 2 is 2.16 bits per heavy atom. The Labute approximate surface area is 114 Å². The van der Waals surface area contributed by atoms with Gasteiger partial charge in [0.05, 0.1) is 24.1 Å². The number of thiazole rings is 1. The van der Waals surface area contributed by atoms with E-state index in [1.807, 2.05) is 29.6 Å². The summed E-state index contributed by atoms with van der Waals surface area (Å²) in [4.78, 5) is 8.83. The summed E-state index contributed by atoms with van der Waals surface area (Å²) in [5.41, 5.74) is 1.92. The van der Waals surface area contributed by atoms with E-state index in [0.717, 1.165) is 22.2 Å². The third-order valence-electron chi connectivity index (χ3n) is 2.53. The van der Waals surface area contributed by atoms with Crippen LogP contribution in [-0.2, 0) is 13.1 Å². The number of hydrogen-bond donors (Lipinski definition) is 1. The molecule has 0 aromatic carbocycles. The number of aromatic nitrogens is 3. The van der Waals surface area contributed by atoms with Crippen LogP contribution in [0.15, 0.2) is 46.6 Å². The maximum absolute atomic E-state index is 5.01. The Balaban J connectivity index is 1.59. The van der Waals surface area contributed by atoms with Crippen LogP contribution < -0.4 is 5.32 Å². The molecule has 0 aliphatic rings. The first-order chi connectivity index (χ1) is 9.42. The van der Waals surface area contributed by atoms with Gasteiger partial charge in [-0.25, -0.2) is 4.98 Å². The summed E-state index contributed by atoms with van der Waals surface area (Å²) in [6.45, 7) is 1.35. The molecule has 5 nitrogen and oxygen atoms in total. The maximum Gasteiger partial charge on any atom is 0.150 e. The van der Waals surface area contributed by atoms with Crippen LogP contribution >= 0.6 is 11.3 Å². The van der Waals surface area contributed by atoms with Crippen molar-refractivity contribution in [3.8, 4) is 10.7 Å². The first-order valence-electron chi connectivity index (χ1n) is 5.88. The van der Waals surface area contributed by atoms with E-state index >= 15 is 0 Å². The van der Waals surface area contributed by atoms with Crippen LogP contribution in [0.1, 0.15) is 11.5 Å². The Morgan fingerprint density at radius 1 is 1.16 bits per heavy atom. The number of hydrogen-bond acceptors (Lipinski definition) is 6. The zero-order valence-corrected chi connectivity index (χ0v) is 10.9. The van der Waals surface area contributed by atoms with Gasteiger partial charge in [0.2, 0.25) is 0 Å². The van der Waals surface area contributed by atoms with Gasteiger partial charge < -0.3 is 9.84 Å². The molecular formula is C13H12N4OS. The van der Waals surface area contributed by atoms with Crippen LogP contribution in [-0.4, -0.2) is 15.1 Å². The second-order valence-electron chi connectivity index (χ2n) is 3.94. The quantitative estimate of drug-likeness (QED) is 0.773. The summed E-state index contributed by atoms with van der Waals surface area (Å²) in [6.07, 6.45) is 3.41. The van der Waals surface area contributed by atoms with Crippen molar-refractivity contribution >= 4 is 11.3 Å². The van der Waals surface area contributed by atoms with Gasteiger partial charge >= 0.3 is 0 Å². The molecule has 3 aromatic rings. The van der Waals surface area contributed by atoms with Crippen molar-refractivity contribution in [2.75, 3.05) is 0 Å². The van der Waals surface area contributed by atoms with Crippen LogP contribution in [0.2, 0.25) is 0 Å². The average molecular weight is 272 g/mol. The fourth-order valence-electron chi connectivity index (χ4n) is 1.64. The first kappa shape index (κ1) is 12.0. The van der Waals surface area contributed by atoms with Crippen molar-refractivity contribution in [1.29, 1.82) is 0 Å². The number of nitrogens with zero attached hydrogens (tertiary/aromatic N) is 3. The molecule has 0 atom stereocenters. The highest BCUT2D eigenvalue weighted by Crippen LogP contribution is 2.21. The minimum atomic E-state index is 0.649. The summed E-state index contributed by atoms with van der Waals surface area (Å²) in [7, 11) is 0. The molecule has 0 saturated heterocycles. The molecule has 0 spiro atoms. The van der Waals surface area contributed by atoms with Crippen LogP contribution in [0.3, 0.4) is 0 Å². The Kier molecular flexibility index (Phi) is 3.62. The van der Waals surface area contributed by atoms with Gasteiger partial charge in [-0.3, -0.25) is 4.98 Å². The molecule has 6 heteroatoms. The molecule has 0 fully saturated rings. The second kappa shape index (κ2) is 5.73. The molecule has 0 saturated carbocycles. The largest absolute Gasteiger partial charge is 0.360 e. The van der Waals surface area contributed by atoms with Gasteiger partial charge in [0.25, 0.3) is 0 Å². The van der Waals surface area contributed by atoms with Crippen molar-refractivity contribution in [3.63, 3.8) is 0 Å². The third-order valence-corrected chi connectivity index (χ3v) is 3.45. The van der Waals surface area contributed by atoms with Crippen LogP contribution in [0.25, 0.3) is 10.7 Å². The van der Waals surface area contributed by atoms with Gasteiger partial charge in [0.15, 0.2) is 0 Å². The van der Waals surface area contributed by atoms with Gasteiger partial charge in [0, 0.05) is 24.2 Å². The predicted octanol–water partition coefficient (Wildman–Crippen LogP) is 2.48. The van der Waals surface area contributed by atoms with E-state index in [1.165, 1.54) is 0 Å². The maximum atomic E-state index is 5.01. The summed E-state index contributed by atoms with van der Waals surface area (Å²) < 4.78 is 5.01. The molecule has 0 radical (unpaired) electrons. The Morgan fingerprint density at radius 3 is 2.95 bits per heavy atom. The van der Waals surface area contributed by atoms with Gasteiger partial charge in [-0.05, 0) is 12.1 Å². The molecule has 3 heterocycles. The Bertz CT molecular complexity index is 621. The molecule has 0 bridgehead atoms. The highest BCUT2D eigenvalue weighted by molar-refractivity contribution is 7.13. The first-order valence-corrected chi connectivity index (χ1v) is 6.76. The van der Waals surface area contributed by atoms with Gasteiger partial charge in [0.1, 0.15) is 10.8 Å². The van der Waals surface area contributed by atoms with E-state index in [2.05, 4.69) is 20.4 Å². The normalized spacial score (nSPS) is 10.7. The lowest BCUT2D eigenvalue weighted by atomic mass is 10.3. The van der Waals surface area contributed by atoms with Crippen LogP contribution in [0, 0.1) is 0 Å². The number of rotatable bonds is 5. The molecule has 3 aromatic heterocycles. The Hall–Kier alpha value is -2.05. The summed E-state index contributed by atoms with van der Waals surface area (Å²) >= 11 is 1.60. The van der Waals surface area contributed by atoms with Crippen molar-refractivity contribution in [2.24, 2.45) is 0 Å². The lowest BCUT2D eigenvalue weighted by Gasteiger charge is -1.98. The van der Waals surface area contributed by atoms with E-state index in [9.17, 15) is 0 Å². The zero-order chi connectivity index (χ0) is 12.9. The van der Waals surface area contributed by atoms with E-state index in [4.69, 9.17) is 4.52 Å². The highest BCUT2D eigenvalue weighted by Gasteiger charge is 2.05. The predicted molar refractivity (Wildman–Crippen MR) is 72.4 cm³/mol. The molecule has 3 rings (SSSR count). The third kappa shape index (κ3) is 3.04. The fraction of sp³-hybridized carbons (Fsp3) is 0.154. The summed E-state index contributed by atoms with van der Waals surface area (Å²) in [6, 6.07) is 7.67. The van der Waals surface area contributed by atoms with Crippen molar-refractivity contribution in [3.05, 3.63) is 53.5 Å². The van der Waals surface area contributed by atoms with E-state index in [-0.39, 0.29) is 0 Å². The standard InChI is InChI=1S/C13H12N4OS/c1-2-5-15-12(3-1)13-17-10(9-19-13)7-14-8-11-4-6-16-18-11/h1-6,9,14H,7-8H2. The SMILES string of the molecule is c1ccc(-c2nc(CNCc3ccno3)cs2)nc1. The zero-order valence-electron chi connectivity index (χ0n) is 10.1. The molecule has 0 aliphatic carbocycles. The van der Waals surface area contributed by atoms with Crippen LogP contribution in [0.4, 0.5) is 0 Å². The number of pyridine rings is 1. The van der Waals surface area contributed by atoms with Crippen molar-refractivity contribution < 1.29 is 4.52 Å². The van der Waals surface area contributed by atoms with Gasteiger partial charge in [-0.2, -0.15) is 0 Å². The van der Waals surface area contributed by atoms with E-state index in [1.54, 1.807) is 23.7 Å². The minimum Gasteiger partial charge on any atom is -0.360 e. The topological polar surface area (TPSA) is 63.8 Å². The van der Waals surface area contributed by atoms with Gasteiger partial charge in [-0.1, -0.05) is 11.2 Å². The van der Waals surface area contributed by atoms with E-state index in [0.29, 0.717) is 13.1 Å². The molecular weight excluding hydrogens is 260 g/mol. The van der Waals surface area contributed by atoms with Crippen LogP contribution in [0.5, 0.6) is 0 Å². The smallest absolute Gasteiger partial charge is 0.150 e. The fourth-order valence-corrected chi connectivity index (χ4v) is 2.44. The molecule has 0 aliphatic heterocycles. The molecule has 0 amide bonds.